The highest BCUT2D eigenvalue weighted by Crippen LogP contribution is 2.40. The third kappa shape index (κ3) is 1.22. The van der Waals surface area contributed by atoms with E-state index in [0.717, 1.165) is 17.0 Å². The molecule has 1 aromatic heterocycles. The third-order valence-electron chi connectivity index (χ3n) is 2.44. The van der Waals surface area contributed by atoms with Crippen molar-refractivity contribution in [3.63, 3.8) is 0 Å². The van der Waals surface area contributed by atoms with Crippen LogP contribution in [0.15, 0.2) is 22.6 Å². The molecule has 1 heterocycles. The van der Waals surface area contributed by atoms with E-state index in [2.05, 4.69) is 11.1 Å². The summed E-state index contributed by atoms with van der Waals surface area (Å²) in [7, 11) is 0. The Morgan fingerprint density at radius 1 is 1.38 bits per heavy atom. The van der Waals surface area contributed by atoms with Crippen LogP contribution in [0.25, 0.3) is 11.1 Å². The predicted octanol–water partition coefficient (Wildman–Crippen LogP) is 3.36. The average Bonchev–Trinajstić information content (AvgIpc) is 2.87. The van der Waals surface area contributed by atoms with Crippen molar-refractivity contribution in [3.8, 4) is 0 Å². The van der Waals surface area contributed by atoms with Crippen molar-refractivity contribution in [1.29, 1.82) is 0 Å². The monoisotopic (exact) mass is 193 g/mol. The van der Waals surface area contributed by atoms with Crippen LogP contribution >= 0.6 is 11.6 Å². The van der Waals surface area contributed by atoms with Gasteiger partial charge >= 0.3 is 0 Å². The summed E-state index contributed by atoms with van der Waals surface area (Å²) in [5.41, 5.74) is 2.99. The summed E-state index contributed by atoms with van der Waals surface area (Å²) in [4.78, 5) is 4.03. The van der Waals surface area contributed by atoms with Gasteiger partial charge in [0.05, 0.1) is 0 Å². The molecule has 1 aliphatic rings. The Bertz CT molecular complexity index is 459. The maximum Gasteiger partial charge on any atom is 0.293 e. The van der Waals surface area contributed by atoms with E-state index in [1.54, 1.807) is 0 Å². The lowest BCUT2D eigenvalue weighted by molar-refractivity contribution is 0.604. The van der Waals surface area contributed by atoms with E-state index in [1.165, 1.54) is 18.4 Å². The van der Waals surface area contributed by atoms with E-state index >= 15 is 0 Å². The number of fused-ring (bicyclic) bond motifs is 1. The molecular formula is C10H8ClNO. The Hall–Kier alpha value is -1.02. The van der Waals surface area contributed by atoms with Crippen LogP contribution in [0.2, 0.25) is 5.35 Å². The van der Waals surface area contributed by atoms with Crippen molar-refractivity contribution in [1.82, 2.24) is 4.98 Å². The van der Waals surface area contributed by atoms with Gasteiger partial charge in [0.1, 0.15) is 5.52 Å². The van der Waals surface area contributed by atoms with Crippen molar-refractivity contribution in [3.05, 3.63) is 29.1 Å². The number of nitrogens with zero attached hydrogens (tertiary/aromatic N) is 1. The molecule has 3 rings (SSSR count). The molecule has 1 saturated carbocycles. The van der Waals surface area contributed by atoms with Crippen molar-refractivity contribution in [2.75, 3.05) is 0 Å². The Morgan fingerprint density at radius 3 is 3.00 bits per heavy atom. The first-order valence-electron chi connectivity index (χ1n) is 4.39. The molecule has 0 unspecified atom stereocenters. The molecule has 66 valence electrons. The van der Waals surface area contributed by atoms with Gasteiger partial charge < -0.3 is 4.42 Å². The molecule has 2 aromatic rings. The minimum atomic E-state index is 0.225. The summed E-state index contributed by atoms with van der Waals surface area (Å²) in [5, 5.41) is 0.225. The van der Waals surface area contributed by atoms with E-state index in [9.17, 15) is 0 Å². The van der Waals surface area contributed by atoms with Crippen LogP contribution in [0.3, 0.4) is 0 Å². The molecule has 0 spiro atoms. The number of benzene rings is 1. The van der Waals surface area contributed by atoms with Crippen molar-refractivity contribution in [2.45, 2.75) is 18.8 Å². The maximum absolute atomic E-state index is 5.65. The number of hydrogen-bond acceptors (Lipinski definition) is 2. The highest BCUT2D eigenvalue weighted by Gasteiger charge is 2.23. The fourth-order valence-corrected chi connectivity index (χ4v) is 1.76. The van der Waals surface area contributed by atoms with Gasteiger partial charge in [0, 0.05) is 0 Å². The molecule has 1 aromatic carbocycles. The highest BCUT2D eigenvalue weighted by molar-refractivity contribution is 6.28. The van der Waals surface area contributed by atoms with Gasteiger partial charge in [-0.2, -0.15) is 4.98 Å². The van der Waals surface area contributed by atoms with Crippen LogP contribution in [-0.4, -0.2) is 4.98 Å². The summed E-state index contributed by atoms with van der Waals surface area (Å²) in [5.74, 6) is 0.744. The molecule has 0 saturated heterocycles. The first kappa shape index (κ1) is 7.39. The maximum atomic E-state index is 5.65. The van der Waals surface area contributed by atoms with Crippen molar-refractivity contribution < 1.29 is 4.42 Å². The van der Waals surface area contributed by atoms with Gasteiger partial charge in [0.2, 0.25) is 0 Å². The number of aromatic nitrogens is 1. The molecular weight excluding hydrogens is 186 g/mol. The molecule has 0 aliphatic heterocycles. The average molecular weight is 194 g/mol. The predicted molar refractivity (Wildman–Crippen MR) is 51.0 cm³/mol. The second-order valence-corrected chi connectivity index (χ2v) is 3.79. The molecule has 1 aliphatic carbocycles. The number of rotatable bonds is 1. The smallest absolute Gasteiger partial charge is 0.293 e. The second kappa shape index (κ2) is 2.48. The zero-order chi connectivity index (χ0) is 8.84. The largest absolute Gasteiger partial charge is 0.428 e. The molecule has 3 heteroatoms. The SMILES string of the molecule is Clc1nc2ccc(C3CC3)cc2o1. The van der Waals surface area contributed by atoms with Gasteiger partial charge in [-0.3, -0.25) is 0 Å². The zero-order valence-corrected chi connectivity index (χ0v) is 7.71. The third-order valence-corrected chi connectivity index (χ3v) is 2.60. The van der Waals surface area contributed by atoms with E-state index in [-0.39, 0.29) is 5.35 Å². The molecule has 13 heavy (non-hydrogen) atoms. The Balaban J connectivity index is 2.20. The summed E-state index contributed by atoms with van der Waals surface area (Å²) >= 11 is 5.65. The van der Waals surface area contributed by atoms with Gasteiger partial charge in [-0.05, 0) is 48.1 Å². The second-order valence-electron chi connectivity index (χ2n) is 3.47. The van der Waals surface area contributed by atoms with Crippen LogP contribution in [0.5, 0.6) is 0 Å². The van der Waals surface area contributed by atoms with Crippen molar-refractivity contribution >= 4 is 22.7 Å². The van der Waals surface area contributed by atoms with E-state index in [0.29, 0.717) is 0 Å². The van der Waals surface area contributed by atoms with Crippen LogP contribution in [0.4, 0.5) is 0 Å². The quantitative estimate of drug-likeness (QED) is 0.694. The summed E-state index contributed by atoms with van der Waals surface area (Å²) < 4.78 is 5.24. The molecule has 0 N–H and O–H groups in total. The summed E-state index contributed by atoms with van der Waals surface area (Å²) in [6, 6.07) is 6.13. The van der Waals surface area contributed by atoms with E-state index in [4.69, 9.17) is 16.0 Å². The topological polar surface area (TPSA) is 26.0 Å². The van der Waals surface area contributed by atoms with Gasteiger partial charge in [-0.15, -0.1) is 0 Å². The minimum Gasteiger partial charge on any atom is -0.428 e. The number of oxazole rings is 1. The summed E-state index contributed by atoms with van der Waals surface area (Å²) in [6.07, 6.45) is 2.60. The van der Waals surface area contributed by atoms with Crippen LogP contribution in [0.1, 0.15) is 24.3 Å². The number of halogens is 1. The van der Waals surface area contributed by atoms with E-state index in [1.807, 2.05) is 12.1 Å². The Kier molecular flexibility index (Phi) is 1.41. The van der Waals surface area contributed by atoms with Crippen molar-refractivity contribution in [2.24, 2.45) is 0 Å². The number of hydrogen-bond donors (Lipinski definition) is 0. The van der Waals surface area contributed by atoms with Crippen LogP contribution in [0, 0.1) is 0 Å². The van der Waals surface area contributed by atoms with Crippen LogP contribution in [-0.2, 0) is 0 Å². The lowest BCUT2D eigenvalue weighted by atomic mass is 10.1. The first-order valence-corrected chi connectivity index (χ1v) is 4.77. The molecule has 0 bridgehead atoms. The molecule has 2 nitrogen and oxygen atoms in total. The lowest BCUT2D eigenvalue weighted by Crippen LogP contribution is -1.77. The van der Waals surface area contributed by atoms with Gasteiger partial charge in [-0.25, -0.2) is 0 Å². The normalized spacial score (nSPS) is 16.7. The van der Waals surface area contributed by atoms with Crippen LogP contribution < -0.4 is 0 Å². The first-order chi connectivity index (χ1) is 6.33. The fraction of sp³-hybridized carbons (Fsp3) is 0.300. The zero-order valence-electron chi connectivity index (χ0n) is 6.96. The van der Waals surface area contributed by atoms with Gasteiger partial charge in [0.25, 0.3) is 5.35 Å². The Morgan fingerprint density at radius 2 is 2.23 bits per heavy atom. The highest BCUT2D eigenvalue weighted by atomic mass is 35.5. The molecule has 1 fully saturated rings. The molecule has 0 atom stereocenters. The molecule has 0 amide bonds. The fourth-order valence-electron chi connectivity index (χ4n) is 1.58. The lowest BCUT2D eigenvalue weighted by Gasteiger charge is -1.94. The summed E-state index contributed by atoms with van der Waals surface area (Å²) in [6.45, 7) is 0. The van der Waals surface area contributed by atoms with E-state index < -0.39 is 0 Å². The Labute approximate surface area is 80.5 Å². The minimum absolute atomic E-state index is 0.225. The standard InChI is InChI=1S/C10H8ClNO/c11-10-12-8-4-3-7(6-1-2-6)5-9(8)13-10/h3-6H,1-2H2. The van der Waals surface area contributed by atoms with Gasteiger partial charge in [-0.1, -0.05) is 6.07 Å². The molecule has 0 radical (unpaired) electrons. The van der Waals surface area contributed by atoms with Gasteiger partial charge in [0.15, 0.2) is 5.58 Å².